The van der Waals surface area contributed by atoms with E-state index in [0.717, 1.165) is 0 Å². The van der Waals surface area contributed by atoms with E-state index in [1.54, 1.807) is 0 Å². The van der Waals surface area contributed by atoms with Gasteiger partial charge in [-0.1, -0.05) is 84.9 Å². The highest BCUT2D eigenvalue weighted by Crippen LogP contribution is 2.32. The second kappa shape index (κ2) is 5.89. The van der Waals surface area contributed by atoms with Crippen LogP contribution in [0.3, 0.4) is 0 Å². The lowest BCUT2D eigenvalue weighted by Gasteiger charge is -2.06. The molecule has 0 amide bonds. The van der Waals surface area contributed by atoms with Crippen LogP contribution in [-0.2, 0) is 7.05 Å². The van der Waals surface area contributed by atoms with Gasteiger partial charge in [0.05, 0.1) is 0 Å². The maximum absolute atomic E-state index is 2.30. The van der Waals surface area contributed by atoms with E-state index in [0.29, 0.717) is 0 Å². The van der Waals surface area contributed by atoms with Crippen molar-refractivity contribution in [1.29, 1.82) is 0 Å². The van der Waals surface area contributed by atoms with Crippen molar-refractivity contribution >= 4 is 21.8 Å². The van der Waals surface area contributed by atoms with Gasteiger partial charge in [0.2, 0.25) is 0 Å². The average Bonchev–Trinajstić information content (AvgIpc) is 3.01. The molecule has 1 heteroatoms. The molecule has 1 aromatic heterocycles. The number of benzene rings is 4. The Morgan fingerprint density at radius 1 is 0.462 bits per heavy atom. The van der Waals surface area contributed by atoms with Crippen LogP contribution in [0.5, 0.6) is 0 Å². The second-order valence-electron chi connectivity index (χ2n) is 6.75. The second-order valence-corrected chi connectivity index (χ2v) is 6.75. The first-order valence-electron chi connectivity index (χ1n) is 8.94. The Bertz CT molecular complexity index is 1210. The molecule has 0 N–H and O–H groups in total. The highest BCUT2D eigenvalue weighted by atomic mass is 14.9. The molecule has 1 heterocycles. The fraction of sp³-hybridized carbons (Fsp3) is 0.0400. The van der Waals surface area contributed by atoms with Gasteiger partial charge in [-0.15, -0.1) is 0 Å². The molecule has 0 aliphatic carbocycles. The first-order chi connectivity index (χ1) is 12.8. The number of para-hydroxylation sites is 1. The van der Waals surface area contributed by atoms with Crippen LogP contribution in [0.4, 0.5) is 0 Å². The van der Waals surface area contributed by atoms with Gasteiger partial charge >= 0.3 is 0 Å². The van der Waals surface area contributed by atoms with E-state index in [-0.39, 0.29) is 0 Å². The number of fused-ring (bicyclic) bond motifs is 3. The Kier molecular flexibility index (Phi) is 3.39. The van der Waals surface area contributed by atoms with Gasteiger partial charge in [-0.3, -0.25) is 0 Å². The van der Waals surface area contributed by atoms with Crippen molar-refractivity contribution in [3.05, 3.63) is 97.1 Å². The van der Waals surface area contributed by atoms with E-state index in [9.17, 15) is 0 Å². The molecular weight excluding hydrogens is 314 g/mol. The van der Waals surface area contributed by atoms with Gasteiger partial charge < -0.3 is 4.57 Å². The van der Waals surface area contributed by atoms with E-state index in [2.05, 4.69) is 109 Å². The molecule has 0 spiro atoms. The zero-order chi connectivity index (χ0) is 17.5. The molecule has 0 aliphatic rings. The Balaban J connectivity index is 1.61. The van der Waals surface area contributed by atoms with Crippen LogP contribution in [0.15, 0.2) is 97.1 Å². The van der Waals surface area contributed by atoms with Crippen LogP contribution < -0.4 is 0 Å². The van der Waals surface area contributed by atoms with E-state index in [1.165, 1.54) is 44.1 Å². The quantitative estimate of drug-likeness (QED) is 0.340. The summed E-state index contributed by atoms with van der Waals surface area (Å²) in [7, 11) is 2.15. The molecule has 0 atom stereocenters. The van der Waals surface area contributed by atoms with Crippen molar-refractivity contribution in [3.63, 3.8) is 0 Å². The van der Waals surface area contributed by atoms with Gasteiger partial charge in [-0.2, -0.15) is 0 Å². The minimum absolute atomic E-state index is 1.25. The molecule has 0 saturated carbocycles. The first kappa shape index (κ1) is 15.0. The molecular formula is C25H19N. The fourth-order valence-electron chi connectivity index (χ4n) is 3.83. The van der Waals surface area contributed by atoms with Gasteiger partial charge in [0.25, 0.3) is 0 Å². The maximum atomic E-state index is 2.30. The zero-order valence-electron chi connectivity index (χ0n) is 14.7. The fourth-order valence-corrected chi connectivity index (χ4v) is 3.83. The van der Waals surface area contributed by atoms with Crippen molar-refractivity contribution in [2.75, 3.05) is 0 Å². The molecule has 4 aromatic carbocycles. The maximum Gasteiger partial charge on any atom is 0.0494 e. The first-order valence-corrected chi connectivity index (χ1v) is 8.94. The summed E-state index contributed by atoms with van der Waals surface area (Å²) in [6, 6.07) is 34.7. The summed E-state index contributed by atoms with van der Waals surface area (Å²) in [5, 5.41) is 2.63. The van der Waals surface area contributed by atoms with Gasteiger partial charge in [-0.25, -0.2) is 0 Å². The van der Waals surface area contributed by atoms with Crippen molar-refractivity contribution in [3.8, 4) is 22.3 Å². The molecule has 0 fully saturated rings. The Labute approximate surface area is 153 Å². The number of aryl methyl sites for hydroxylation is 1. The summed E-state index contributed by atoms with van der Waals surface area (Å²) in [6.07, 6.45) is 0. The minimum atomic E-state index is 1.25. The molecule has 0 saturated heterocycles. The molecule has 0 radical (unpaired) electrons. The lowest BCUT2D eigenvalue weighted by Crippen LogP contribution is -1.87. The summed E-state index contributed by atoms with van der Waals surface area (Å²) < 4.78 is 2.28. The molecule has 0 aliphatic heterocycles. The van der Waals surface area contributed by atoms with Gasteiger partial charge in [0.1, 0.15) is 0 Å². The predicted octanol–water partition coefficient (Wildman–Crippen LogP) is 6.67. The van der Waals surface area contributed by atoms with Crippen LogP contribution in [0, 0.1) is 0 Å². The van der Waals surface area contributed by atoms with Crippen molar-refractivity contribution in [2.24, 2.45) is 7.05 Å². The smallest absolute Gasteiger partial charge is 0.0494 e. The summed E-state index contributed by atoms with van der Waals surface area (Å²) in [6.45, 7) is 0. The topological polar surface area (TPSA) is 4.93 Å². The lowest BCUT2D eigenvalue weighted by molar-refractivity contribution is 1.01. The summed E-state index contributed by atoms with van der Waals surface area (Å²) in [5.74, 6) is 0. The molecule has 26 heavy (non-hydrogen) atoms. The van der Waals surface area contributed by atoms with E-state index < -0.39 is 0 Å². The van der Waals surface area contributed by atoms with Crippen LogP contribution in [0.1, 0.15) is 0 Å². The summed E-state index contributed by atoms with van der Waals surface area (Å²) >= 11 is 0. The van der Waals surface area contributed by atoms with E-state index in [1.807, 2.05) is 0 Å². The Morgan fingerprint density at radius 3 is 1.77 bits per heavy atom. The van der Waals surface area contributed by atoms with Crippen molar-refractivity contribution in [1.82, 2.24) is 4.57 Å². The SMILES string of the molecule is Cn1c2ccccc2c2ccc(-c3ccc(-c4ccccc4)cc3)cc21. The number of hydrogen-bond acceptors (Lipinski definition) is 0. The Hall–Kier alpha value is -3.32. The highest BCUT2D eigenvalue weighted by Gasteiger charge is 2.09. The van der Waals surface area contributed by atoms with Crippen LogP contribution in [-0.4, -0.2) is 4.57 Å². The minimum Gasteiger partial charge on any atom is -0.344 e. The number of nitrogens with zero attached hydrogens (tertiary/aromatic N) is 1. The van der Waals surface area contributed by atoms with Gasteiger partial charge in [0, 0.05) is 28.9 Å². The Morgan fingerprint density at radius 2 is 1.00 bits per heavy atom. The molecule has 0 bridgehead atoms. The average molecular weight is 333 g/mol. The van der Waals surface area contributed by atoms with Crippen LogP contribution >= 0.6 is 0 Å². The monoisotopic (exact) mass is 333 g/mol. The summed E-state index contributed by atoms with van der Waals surface area (Å²) in [4.78, 5) is 0. The molecule has 5 aromatic rings. The highest BCUT2D eigenvalue weighted by molar-refractivity contribution is 6.08. The molecule has 0 unspecified atom stereocenters. The summed E-state index contributed by atoms with van der Waals surface area (Å²) in [5.41, 5.74) is 7.55. The van der Waals surface area contributed by atoms with Crippen LogP contribution in [0.2, 0.25) is 0 Å². The number of hydrogen-bond donors (Lipinski definition) is 0. The third kappa shape index (κ3) is 2.33. The number of aromatic nitrogens is 1. The molecule has 124 valence electrons. The van der Waals surface area contributed by atoms with E-state index in [4.69, 9.17) is 0 Å². The van der Waals surface area contributed by atoms with Crippen molar-refractivity contribution < 1.29 is 0 Å². The standard InChI is InChI=1S/C25H19N/c1-26-24-10-6-5-9-22(24)23-16-15-21(17-25(23)26)20-13-11-19(12-14-20)18-7-3-2-4-8-18/h2-17H,1H3. The zero-order valence-corrected chi connectivity index (χ0v) is 14.7. The van der Waals surface area contributed by atoms with E-state index >= 15 is 0 Å². The third-order valence-electron chi connectivity index (χ3n) is 5.24. The molecule has 1 nitrogen and oxygen atoms in total. The van der Waals surface area contributed by atoms with Gasteiger partial charge in [-0.05, 0) is 34.4 Å². The number of rotatable bonds is 2. The lowest BCUT2D eigenvalue weighted by atomic mass is 9.99. The normalized spacial score (nSPS) is 11.3. The largest absolute Gasteiger partial charge is 0.344 e. The predicted molar refractivity (Wildman–Crippen MR) is 111 cm³/mol. The van der Waals surface area contributed by atoms with Gasteiger partial charge in [0.15, 0.2) is 0 Å². The van der Waals surface area contributed by atoms with Crippen LogP contribution in [0.25, 0.3) is 44.1 Å². The molecule has 5 rings (SSSR count). The van der Waals surface area contributed by atoms with Crippen molar-refractivity contribution in [2.45, 2.75) is 0 Å². The third-order valence-corrected chi connectivity index (χ3v) is 5.24.